The Kier molecular flexibility index (Phi) is 2.76. The molecular weight excluding hydrogens is 246 g/mol. The summed E-state index contributed by atoms with van der Waals surface area (Å²) >= 11 is 1.61. The van der Waals surface area contributed by atoms with Gasteiger partial charge in [0.2, 0.25) is 0 Å². The van der Waals surface area contributed by atoms with Crippen LogP contribution in [0.15, 0.2) is 33.5 Å². The van der Waals surface area contributed by atoms with Crippen LogP contribution in [0.3, 0.4) is 0 Å². The molecule has 3 rings (SSSR count). The Labute approximate surface area is 109 Å². The van der Waals surface area contributed by atoms with E-state index in [2.05, 4.69) is 27.6 Å². The van der Waals surface area contributed by atoms with E-state index in [0.717, 1.165) is 22.5 Å². The predicted molar refractivity (Wildman–Crippen MR) is 72.9 cm³/mol. The Morgan fingerprint density at radius 1 is 1.39 bits per heavy atom. The van der Waals surface area contributed by atoms with Crippen LogP contribution in [0.2, 0.25) is 0 Å². The van der Waals surface area contributed by atoms with Gasteiger partial charge in [-0.15, -0.1) is 11.3 Å². The molecule has 5 heteroatoms. The Hall–Kier alpha value is -1.88. The molecule has 1 N–H and O–H groups in total. The summed E-state index contributed by atoms with van der Waals surface area (Å²) in [5.74, 6) is 0.690. The second kappa shape index (κ2) is 4.42. The van der Waals surface area contributed by atoms with Gasteiger partial charge in [0, 0.05) is 18.0 Å². The lowest BCUT2D eigenvalue weighted by Gasteiger charge is -2.12. The van der Waals surface area contributed by atoms with Crippen molar-refractivity contribution in [2.75, 3.05) is 5.32 Å². The summed E-state index contributed by atoms with van der Waals surface area (Å²) in [6.07, 6.45) is 0. The van der Waals surface area contributed by atoms with Gasteiger partial charge >= 0.3 is 0 Å². The minimum absolute atomic E-state index is 0.182. The minimum atomic E-state index is 0.182. The van der Waals surface area contributed by atoms with E-state index in [1.54, 1.807) is 11.3 Å². The first kappa shape index (κ1) is 11.2. The lowest BCUT2D eigenvalue weighted by atomic mass is 10.2. The number of fused-ring (bicyclic) bond motifs is 1. The molecular formula is C13H13N3OS. The van der Waals surface area contributed by atoms with E-state index in [-0.39, 0.29) is 6.04 Å². The summed E-state index contributed by atoms with van der Waals surface area (Å²) in [7, 11) is 0. The van der Waals surface area contributed by atoms with Gasteiger partial charge in [-0.05, 0) is 25.1 Å². The Bertz CT molecular complexity index is 660. The fourth-order valence-electron chi connectivity index (χ4n) is 1.89. The number of hydrogen-bond acceptors (Lipinski definition) is 5. The zero-order chi connectivity index (χ0) is 12.5. The summed E-state index contributed by atoms with van der Waals surface area (Å²) in [6.45, 7) is 3.94. The summed E-state index contributed by atoms with van der Waals surface area (Å²) < 4.78 is 5.45. The zero-order valence-electron chi connectivity index (χ0n) is 10.2. The van der Waals surface area contributed by atoms with Crippen molar-refractivity contribution in [3.63, 3.8) is 0 Å². The number of rotatable bonds is 3. The van der Waals surface area contributed by atoms with Crippen LogP contribution in [0.5, 0.6) is 0 Å². The molecule has 2 aromatic heterocycles. The lowest BCUT2D eigenvalue weighted by Crippen LogP contribution is -2.06. The normalized spacial score (nSPS) is 12.8. The molecule has 1 aromatic carbocycles. The van der Waals surface area contributed by atoms with Crippen molar-refractivity contribution >= 4 is 28.1 Å². The largest absolute Gasteiger partial charge is 0.441 e. The van der Waals surface area contributed by atoms with Crippen molar-refractivity contribution in [3.05, 3.63) is 40.7 Å². The van der Waals surface area contributed by atoms with E-state index in [1.807, 2.05) is 30.6 Å². The van der Waals surface area contributed by atoms with Gasteiger partial charge in [-0.3, -0.25) is 0 Å². The second-order valence-corrected chi connectivity index (χ2v) is 4.91. The highest BCUT2D eigenvalue weighted by molar-refractivity contribution is 7.07. The van der Waals surface area contributed by atoms with Crippen LogP contribution in [0, 0.1) is 6.92 Å². The fraction of sp³-hybridized carbons (Fsp3) is 0.231. The molecule has 3 aromatic rings. The number of anilines is 1. The first-order chi connectivity index (χ1) is 8.72. The summed E-state index contributed by atoms with van der Waals surface area (Å²) in [6, 6.07) is 6.11. The molecule has 4 nitrogen and oxygen atoms in total. The third-order valence-corrected chi connectivity index (χ3v) is 3.38. The molecule has 0 fully saturated rings. The van der Waals surface area contributed by atoms with Crippen molar-refractivity contribution in [2.45, 2.75) is 19.9 Å². The maximum absolute atomic E-state index is 5.45. The van der Waals surface area contributed by atoms with Crippen LogP contribution in [0.1, 0.15) is 24.6 Å². The molecule has 0 saturated carbocycles. The number of aryl methyl sites for hydroxylation is 1. The molecule has 18 heavy (non-hydrogen) atoms. The number of thiazole rings is 1. The highest BCUT2D eigenvalue weighted by Gasteiger charge is 2.08. The van der Waals surface area contributed by atoms with Crippen molar-refractivity contribution in [1.29, 1.82) is 0 Å². The predicted octanol–water partition coefficient (Wildman–Crippen LogP) is 3.77. The van der Waals surface area contributed by atoms with Gasteiger partial charge in [0.25, 0.3) is 0 Å². The number of hydrogen-bond donors (Lipinski definition) is 1. The van der Waals surface area contributed by atoms with Crippen LogP contribution in [-0.2, 0) is 0 Å². The third-order valence-electron chi connectivity index (χ3n) is 2.77. The van der Waals surface area contributed by atoms with Gasteiger partial charge in [0.15, 0.2) is 11.5 Å². The number of aromatic nitrogens is 2. The van der Waals surface area contributed by atoms with E-state index < -0.39 is 0 Å². The molecule has 1 unspecified atom stereocenters. The number of benzene rings is 1. The summed E-state index contributed by atoms with van der Waals surface area (Å²) in [5.41, 5.74) is 5.62. The van der Waals surface area contributed by atoms with Gasteiger partial charge in [0.05, 0.1) is 17.2 Å². The first-order valence-corrected chi connectivity index (χ1v) is 6.68. The molecule has 0 aliphatic carbocycles. The maximum Gasteiger partial charge on any atom is 0.192 e. The Morgan fingerprint density at radius 3 is 3.06 bits per heavy atom. The smallest absolute Gasteiger partial charge is 0.192 e. The molecule has 2 heterocycles. The Morgan fingerprint density at radius 2 is 2.28 bits per heavy atom. The van der Waals surface area contributed by atoms with Crippen LogP contribution in [-0.4, -0.2) is 9.97 Å². The topological polar surface area (TPSA) is 51.0 Å². The molecule has 1 atom stereocenters. The van der Waals surface area contributed by atoms with Gasteiger partial charge in [-0.2, -0.15) is 0 Å². The molecule has 0 saturated heterocycles. The van der Waals surface area contributed by atoms with Crippen LogP contribution in [0.25, 0.3) is 11.1 Å². The van der Waals surface area contributed by atoms with Gasteiger partial charge in [0.1, 0.15) is 5.52 Å². The standard InChI is InChI=1S/C13H13N3OS/c1-8(12-6-18-7-14-12)15-10-3-4-13-11(5-10)16-9(2)17-13/h3-8,15H,1-2H3. The van der Waals surface area contributed by atoms with E-state index in [9.17, 15) is 0 Å². The van der Waals surface area contributed by atoms with Gasteiger partial charge in [-0.25, -0.2) is 9.97 Å². The molecule has 0 aliphatic heterocycles. The number of nitrogens with one attached hydrogen (secondary N) is 1. The second-order valence-electron chi connectivity index (χ2n) is 4.19. The van der Waals surface area contributed by atoms with Gasteiger partial charge in [-0.1, -0.05) is 0 Å². The van der Waals surface area contributed by atoms with E-state index in [0.29, 0.717) is 5.89 Å². The third kappa shape index (κ3) is 2.09. The van der Waals surface area contributed by atoms with Crippen molar-refractivity contribution in [2.24, 2.45) is 0 Å². The maximum atomic E-state index is 5.45. The van der Waals surface area contributed by atoms with Crippen LogP contribution >= 0.6 is 11.3 Å². The number of nitrogens with zero attached hydrogens (tertiary/aromatic N) is 2. The SMILES string of the molecule is Cc1nc2cc(NC(C)c3cscn3)ccc2o1. The fourth-order valence-corrected chi connectivity index (χ4v) is 2.54. The lowest BCUT2D eigenvalue weighted by molar-refractivity contribution is 0.561. The van der Waals surface area contributed by atoms with Gasteiger partial charge < -0.3 is 9.73 Å². The molecule has 0 radical (unpaired) electrons. The summed E-state index contributed by atoms with van der Waals surface area (Å²) in [4.78, 5) is 8.62. The monoisotopic (exact) mass is 259 g/mol. The van der Waals surface area contributed by atoms with Crippen molar-refractivity contribution < 1.29 is 4.42 Å². The summed E-state index contributed by atoms with van der Waals surface area (Å²) in [5, 5.41) is 5.46. The van der Waals surface area contributed by atoms with E-state index in [4.69, 9.17) is 4.42 Å². The molecule has 0 aliphatic rings. The highest BCUT2D eigenvalue weighted by Crippen LogP contribution is 2.23. The van der Waals surface area contributed by atoms with E-state index >= 15 is 0 Å². The average Bonchev–Trinajstić information content (AvgIpc) is 2.95. The molecule has 92 valence electrons. The van der Waals surface area contributed by atoms with Crippen molar-refractivity contribution in [3.8, 4) is 0 Å². The van der Waals surface area contributed by atoms with Crippen LogP contribution < -0.4 is 5.32 Å². The van der Waals surface area contributed by atoms with E-state index in [1.165, 1.54) is 0 Å². The molecule has 0 spiro atoms. The first-order valence-electron chi connectivity index (χ1n) is 5.74. The minimum Gasteiger partial charge on any atom is -0.441 e. The number of oxazole rings is 1. The molecule has 0 amide bonds. The van der Waals surface area contributed by atoms with Crippen molar-refractivity contribution in [1.82, 2.24) is 9.97 Å². The quantitative estimate of drug-likeness (QED) is 0.778. The zero-order valence-corrected chi connectivity index (χ0v) is 11.0. The Balaban J connectivity index is 1.86. The van der Waals surface area contributed by atoms with Crippen LogP contribution in [0.4, 0.5) is 5.69 Å². The molecule has 0 bridgehead atoms. The highest BCUT2D eigenvalue weighted by atomic mass is 32.1. The average molecular weight is 259 g/mol.